The monoisotopic (exact) mass is 506 g/mol. The molecule has 182 valence electrons. The fourth-order valence-electron chi connectivity index (χ4n) is 2.92. The molecule has 0 spiro atoms. The average molecular weight is 507 g/mol. The largest absolute Gasteiger partial charge is 0.493 e. The van der Waals surface area contributed by atoms with Gasteiger partial charge in [-0.05, 0) is 53.6 Å². The zero-order valence-corrected chi connectivity index (χ0v) is 18.9. The number of carbonyl (C=O) groups is 2. The van der Waals surface area contributed by atoms with Crippen molar-refractivity contribution < 1.29 is 37.3 Å². The lowest BCUT2D eigenvalue weighted by atomic mass is 10.1. The lowest BCUT2D eigenvalue weighted by molar-refractivity contribution is -0.137. The van der Waals surface area contributed by atoms with Crippen LogP contribution < -0.4 is 14.9 Å². The number of nitrogens with one attached hydrogen (secondary N) is 1. The van der Waals surface area contributed by atoms with E-state index in [-0.39, 0.29) is 34.3 Å². The van der Waals surface area contributed by atoms with Crippen LogP contribution in [0.2, 0.25) is 5.02 Å². The first-order valence-corrected chi connectivity index (χ1v) is 10.3. The summed E-state index contributed by atoms with van der Waals surface area (Å²) in [6, 6.07) is 13.1. The lowest BCUT2D eigenvalue weighted by Gasteiger charge is -2.13. The van der Waals surface area contributed by atoms with Gasteiger partial charge in [0.05, 0.1) is 29.5 Å². The number of carboxylic acids is 1. The van der Waals surface area contributed by atoms with Gasteiger partial charge in [-0.2, -0.15) is 18.3 Å². The third-order valence-electron chi connectivity index (χ3n) is 4.67. The van der Waals surface area contributed by atoms with E-state index in [2.05, 4.69) is 10.5 Å². The highest BCUT2D eigenvalue weighted by Crippen LogP contribution is 2.36. The Labute approximate surface area is 202 Å². The zero-order chi connectivity index (χ0) is 25.6. The summed E-state index contributed by atoms with van der Waals surface area (Å²) in [6.07, 6.45) is -3.33. The second-order valence-corrected chi connectivity index (χ2v) is 7.51. The Morgan fingerprint density at radius 2 is 1.80 bits per heavy atom. The van der Waals surface area contributed by atoms with Crippen molar-refractivity contribution in [2.45, 2.75) is 12.8 Å². The van der Waals surface area contributed by atoms with Gasteiger partial charge in [-0.25, -0.2) is 10.2 Å². The summed E-state index contributed by atoms with van der Waals surface area (Å²) in [5.41, 5.74) is 2.29. The molecule has 0 atom stereocenters. The summed E-state index contributed by atoms with van der Waals surface area (Å²) in [6.45, 7) is 0.0937. The zero-order valence-electron chi connectivity index (χ0n) is 18.1. The number of benzene rings is 3. The van der Waals surface area contributed by atoms with Gasteiger partial charge in [0.1, 0.15) is 6.61 Å². The van der Waals surface area contributed by atoms with Gasteiger partial charge >= 0.3 is 12.1 Å². The van der Waals surface area contributed by atoms with E-state index in [1.165, 1.54) is 43.7 Å². The smallest absolute Gasteiger partial charge is 0.416 e. The molecule has 1 amide bonds. The molecular weight excluding hydrogens is 489 g/mol. The maximum atomic E-state index is 12.8. The number of amides is 1. The summed E-state index contributed by atoms with van der Waals surface area (Å²) in [4.78, 5) is 23.1. The molecule has 7 nitrogen and oxygen atoms in total. The highest BCUT2D eigenvalue weighted by molar-refractivity contribution is 6.32. The minimum Gasteiger partial charge on any atom is -0.493 e. The van der Waals surface area contributed by atoms with Crippen molar-refractivity contribution in [1.82, 2.24) is 5.43 Å². The Balaban J connectivity index is 1.68. The number of nitrogens with zero attached hydrogens (tertiary/aromatic N) is 1. The molecule has 0 aliphatic heterocycles. The maximum absolute atomic E-state index is 12.8. The Morgan fingerprint density at radius 1 is 1.09 bits per heavy atom. The van der Waals surface area contributed by atoms with E-state index >= 15 is 0 Å². The second-order valence-electron chi connectivity index (χ2n) is 7.10. The van der Waals surface area contributed by atoms with Crippen LogP contribution in [0.15, 0.2) is 65.8 Å². The van der Waals surface area contributed by atoms with Gasteiger partial charge < -0.3 is 14.6 Å². The van der Waals surface area contributed by atoms with E-state index in [1.807, 2.05) is 0 Å². The van der Waals surface area contributed by atoms with E-state index in [1.54, 1.807) is 12.1 Å². The van der Waals surface area contributed by atoms with Crippen LogP contribution in [0.5, 0.6) is 11.5 Å². The predicted molar refractivity (Wildman–Crippen MR) is 122 cm³/mol. The molecule has 0 saturated carbocycles. The summed E-state index contributed by atoms with van der Waals surface area (Å²) < 4.78 is 49.5. The first-order valence-electron chi connectivity index (χ1n) is 9.91. The standard InChI is InChI=1S/C24H18ClF3N2O5/c1-34-20-10-15(12-29-30-22(31)17-3-2-4-18(11-17)24(26,27)28)9-19(25)21(20)35-13-14-5-7-16(8-6-14)23(32)33/h2-12H,13H2,1H3,(H,30,31)(H,32,33)/b29-12-. The third-order valence-corrected chi connectivity index (χ3v) is 4.95. The van der Waals surface area contributed by atoms with Crippen LogP contribution in [-0.4, -0.2) is 30.3 Å². The molecule has 0 radical (unpaired) electrons. The van der Waals surface area contributed by atoms with Gasteiger partial charge in [-0.15, -0.1) is 0 Å². The fraction of sp³-hybridized carbons (Fsp3) is 0.125. The Kier molecular flexibility index (Phi) is 7.98. The number of hydrogen-bond donors (Lipinski definition) is 2. The van der Waals surface area contributed by atoms with Crippen LogP contribution in [0, 0.1) is 0 Å². The molecule has 0 aliphatic carbocycles. The number of alkyl halides is 3. The van der Waals surface area contributed by atoms with Gasteiger partial charge in [-0.3, -0.25) is 4.79 Å². The van der Waals surface area contributed by atoms with Crippen molar-refractivity contribution >= 4 is 29.7 Å². The van der Waals surface area contributed by atoms with Gasteiger partial charge in [0.2, 0.25) is 0 Å². The first kappa shape index (κ1) is 25.6. The van der Waals surface area contributed by atoms with E-state index in [9.17, 15) is 22.8 Å². The van der Waals surface area contributed by atoms with E-state index in [4.69, 9.17) is 26.2 Å². The highest BCUT2D eigenvalue weighted by Gasteiger charge is 2.30. The van der Waals surface area contributed by atoms with Gasteiger partial charge in [0.15, 0.2) is 11.5 Å². The van der Waals surface area contributed by atoms with Crippen molar-refractivity contribution in [3.05, 3.63) is 93.5 Å². The number of carbonyl (C=O) groups excluding carboxylic acids is 1. The van der Waals surface area contributed by atoms with Crippen molar-refractivity contribution in [2.75, 3.05) is 7.11 Å². The molecule has 0 aromatic heterocycles. The third kappa shape index (κ3) is 6.73. The molecule has 0 aliphatic rings. The van der Waals surface area contributed by atoms with Gasteiger partial charge in [-0.1, -0.05) is 29.8 Å². The van der Waals surface area contributed by atoms with Crippen LogP contribution in [0.1, 0.15) is 37.4 Å². The number of methoxy groups -OCH3 is 1. The molecule has 2 N–H and O–H groups in total. The molecule has 0 bridgehead atoms. The number of rotatable bonds is 8. The minimum atomic E-state index is -4.57. The Hall–Kier alpha value is -4.05. The number of halogens is 4. The number of carboxylic acid groups (broad SMARTS) is 1. The number of hydrogen-bond acceptors (Lipinski definition) is 5. The molecule has 0 heterocycles. The molecule has 0 unspecified atom stereocenters. The topological polar surface area (TPSA) is 97.2 Å². The number of hydrazone groups is 1. The lowest BCUT2D eigenvalue weighted by Crippen LogP contribution is -2.18. The van der Waals surface area contributed by atoms with E-state index in [0.29, 0.717) is 11.1 Å². The van der Waals surface area contributed by atoms with Crippen LogP contribution >= 0.6 is 11.6 Å². The highest BCUT2D eigenvalue weighted by atomic mass is 35.5. The van der Waals surface area contributed by atoms with Crippen LogP contribution in [-0.2, 0) is 12.8 Å². The van der Waals surface area contributed by atoms with Crippen molar-refractivity contribution in [1.29, 1.82) is 0 Å². The normalized spacial score (nSPS) is 11.3. The van der Waals surface area contributed by atoms with Gasteiger partial charge in [0, 0.05) is 5.56 Å². The van der Waals surface area contributed by atoms with E-state index < -0.39 is 23.6 Å². The van der Waals surface area contributed by atoms with Crippen LogP contribution in [0.3, 0.4) is 0 Å². The maximum Gasteiger partial charge on any atom is 0.416 e. The molecule has 3 aromatic rings. The quantitative estimate of drug-likeness (QED) is 0.314. The SMILES string of the molecule is COc1cc(/C=N\NC(=O)c2cccc(C(F)(F)F)c2)cc(Cl)c1OCc1ccc(C(=O)O)cc1. The van der Waals surface area contributed by atoms with Crippen molar-refractivity contribution in [3.63, 3.8) is 0 Å². The molecule has 0 fully saturated rings. The average Bonchev–Trinajstić information content (AvgIpc) is 2.82. The summed E-state index contributed by atoms with van der Waals surface area (Å²) in [5.74, 6) is -1.35. The summed E-state index contributed by atoms with van der Waals surface area (Å²) in [7, 11) is 1.40. The fourth-order valence-corrected chi connectivity index (χ4v) is 3.19. The van der Waals surface area contributed by atoms with Crippen LogP contribution in [0.4, 0.5) is 13.2 Å². The molecule has 35 heavy (non-hydrogen) atoms. The predicted octanol–water partition coefficient (Wildman–Crippen LogP) is 5.41. The summed E-state index contributed by atoms with van der Waals surface area (Å²) in [5, 5.41) is 12.9. The van der Waals surface area contributed by atoms with Gasteiger partial charge in [0.25, 0.3) is 5.91 Å². The molecule has 3 rings (SSSR count). The second kappa shape index (κ2) is 10.9. The molecule has 11 heteroatoms. The minimum absolute atomic E-state index is 0.0937. The number of ether oxygens (including phenoxy) is 2. The summed E-state index contributed by atoms with van der Waals surface area (Å²) >= 11 is 6.31. The molecular formula is C24H18ClF3N2O5. The number of aromatic carboxylic acids is 1. The van der Waals surface area contributed by atoms with Crippen molar-refractivity contribution in [2.24, 2.45) is 5.10 Å². The molecule has 3 aromatic carbocycles. The Morgan fingerprint density at radius 3 is 2.43 bits per heavy atom. The Bertz CT molecular complexity index is 1260. The van der Waals surface area contributed by atoms with Crippen molar-refractivity contribution in [3.8, 4) is 11.5 Å². The van der Waals surface area contributed by atoms with E-state index in [0.717, 1.165) is 18.2 Å². The molecule has 0 saturated heterocycles. The first-order chi connectivity index (χ1) is 16.6. The van der Waals surface area contributed by atoms with Crippen LogP contribution in [0.25, 0.3) is 0 Å².